The normalized spacial score (nSPS) is 14.8. The Balaban J connectivity index is 1.26. The van der Waals surface area contributed by atoms with Crippen LogP contribution in [-0.4, -0.2) is 58.1 Å². The summed E-state index contributed by atoms with van der Waals surface area (Å²) in [6.07, 6.45) is 7.59. The summed E-state index contributed by atoms with van der Waals surface area (Å²) in [4.78, 5) is 21.6. The maximum Gasteiger partial charge on any atom is 0.229 e. The molecule has 164 valence electrons. The standard InChI is InChI=1S/C26H25N7/c1-32-9-11-33(12-10-32)22-4-2-3-21(14-22)30-26-29-17-24-23(16-28-25(24)31-26)19-5-6-20-15-27-8-7-18(20)13-19/h2-8,13-17H,9-12H2,1H3,(H2,28,29,30,31). The van der Waals surface area contributed by atoms with Gasteiger partial charge in [-0.2, -0.15) is 4.98 Å². The zero-order valence-corrected chi connectivity index (χ0v) is 18.5. The quantitative estimate of drug-likeness (QED) is 0.427. The first kappa shape index (κ1) is 19.7. The van der Waals surface area contributed by atoms with Crippen LogP contribution in [0.2, 0.25) is 0 Å². The van der Waals surface area contributed by atoms with Crippen molar-refractivity contribution < 1.29 is 0 Å². The molecule has 0 radical (unpaired) electrons. The SMILES string of the molecule is CN1CCN(c2cccc(Nc3ncc4c(-c5ccc6cnccc6c5)c[nH]c4n3)c2)CC1. The lowest BCUT2D eigenvalue weighted by Crippen LogP contribution is -2.44. The Labute approximate surface area is 192 Å². The maximum absolute atomic E-state index is 4.72. The molecule has 0 amide bonds. The number of fused-ring (bicyclic) bond motifs is 2. The van der Waals surface area contributed by atoms with Crippen LogP contribution in [0.1, 0.15) is 0 Å². The van der Waals surface area contributed by atoms with Gasteiger partial charge in [0.15, 0.2) is 0 Å². The number of benzene rings is 2. The minimum atomic E-state index is 0.580. The summed E-state index contributed by atoms with van der Waals surface area (Å²) in [5.74, 6) is 0.580. The first-order valence-electron chi connectivity index (χ1n) is 11.2. The van der Waals surface area contributed by atoms with Crippen LogP contribution in [0.5, 0.6) is 0 Å². The summed E-state index contributed by atoms with van der Waals surface area (Å²) in [5.41, 5.74) is 5.24. The minimum absolute atomic E-state index is 0.580. The molecule has 0 aliphatic carbocycles. The van der Waals surface area contributed by atoms with Crippen molar-refractivity contribution in [1.29, 1.82) is 0 Å². The van der Waals surface area contributed by atoms with Crippen molar-refractivity contribution in [1.82, 2.24) is 24.8 Å². The third-order valence-electron chi connectivity index (χ3n) is 6.35. The lowest BCUT2D eigenvalue weighted by atomic mass is 10.0. The summed E-state index contributed by atoms with van der Waals surface area (Å²) < 4.78 is 0. The van der Waals surface area contributed by atoms with Gasteiger partial charge in [-0.25, -0.2) is 4.98 Å². The predicted molar refractivity (Wildman–Crippen MR) is 134 cm³/mol. The Morgan fingerprint density at radius 3 is 2.76 bits per heavy atom. The van der Waals surface area contributed by atoms with Crippen molar-refractivity contribution in [3.63, 3.8) is 0 Å². The van der Waals surface area contributed by atoms with E-state index in [0.29, 0.717) is 5.95 Å². The number of aromatic amines is 1. The molecule has 0 atom stereocenters. The largest absolute Gasteiger partial charge is 0.369 e. The summed E-state index contributed by atoms with van der Waals surface area (Å²) >= 11 is 0. The van der Waals surface area contributed by atoms with E-state index < -0.39 is 0 Å². The van der Waals surface area contributed by atoms with Crippen LogP contribution in [0, 0.1) is 0 Å². The van der Waals surface area contributed by atoms with Gasteiger partial charge in [0.2, 0.25) is 5.95 Å². The average Bonchev–Trinajstić information content (AvgIpc) is 3.28. The Morgan fingerprint density at radius 1 is 0.939 bits per heavy atom. The monoisotopic (exact) mass is 435 g/mol. The fourth-order valence-corrected chi connectivity index (χ4v) is 4.43. The fourth-order valence-electron chi connectivity index (χ4n) is 4.43. The van der Waals surface area contributed by atoms with Crippen molar-refractivity contribution in [2.75, 3.05) is 43.4 Å². The lowest BCUT2D eigenvalue weighted by molar-refractivity contribution is 0.313. The predicted octanol–water partition coefficient (Wildman–Crippen LogP) is 4.67. The van der Waals surface area contributed by atoms with Gasteiger partial charge in [0.25, 0.3) is 0 Å². The van der Waals surface area contributed by atoms with E-state index >= 15 is 0 Å². The van der Waals surface area contributed by atoms with E-state index in [9.17, 15) is 0 Å². The number of anilines is 3. The second kappa shape index (κ2) is 8.18. The summed E-state index contributed by atoms with van der Waals surface area (Å²) in [5, 5.41) is 6.66. The van der Waals surface area contributed by atoms with Crippen LogP contribution in [-0.2, 0) is 0 Å². The first-order chi connectivity index (χ1) is 16.2. The zero-order chi connectivity index (χ0) is 22.2. The van der Waals surface area contributed by atoms with Crippen LogP contribution in [0.15, 0.2) is 73.3 Å². The molecule has 4 heterocycles. The molecule has 1 aliphatic rings. The van der Waals surface area contributed by atoms with Gasteiger partial charge < -0.3 is 20.1 Å². The Bertz CT molecular complexity index is 1430. The number of nitrogens with one attached hydrogen (secondary N) is 2. The topological polar surface area (TPSA) is 73.0 Å². The minimum Gasteiger partial charge on any atom is -0.369 e. The van der Waals surface area contributed by atoms with Crippen LogP contribution >= 0.6 is 0 Å². The van der Waals surface area contributed by atoms with Crippen molar-refractivity contribution in [3.05, 3.63) is 73.3 Å². The lowest BCUT2D eigenvalue weighted by Gasteiger charge is -2.34. The third-order valence-corrected chi connectivity index (χ3v) is 6.35. The highest BCUT2D eigenvalue weighted by molar-refractivity contribution is 5.96. The van der Waals surface area contributed by atoms with E-state index in [-0.39, 0.29) is 0 Å². The van der Waals surface area contributed by atoms with E-state index in [0.717, 1.165) is 64.8 Å². The second-order valence-corrected chi connectivity index (χ2v) is 8.56. The van der Waals surface area contributed by atoms with E-state index in [1.165, 1.54) is 5.69 Å². The molecule has 2 aromatic carbocycles. The van der Waals surface area contributed by atoms with Gasteiger partial charge >= 0.3 is 0 Å². The van der Waals surface area contributed by atoms with E-state index in [2.05, 4.69) is 79.6 Å². The highest BCUT2D eigenvalue weighted by Crippen LogP contribution is 2.30. The Hall–Kier alpha value is -3.97. The van der Waals surface area contributed by atoms with Crippen molar-refractivity contribution in [2.24, 2.45) is 0 Å². The molecule has 1 aliphatic heterocycles. The van der Waals surface area contributed by atoms with Gasteiger partial charge in [-0.15, -0.1) is 0 Å². The van der Waals surface area contributed by atoms with Gasteiger partial charge in [-0.3, -0.25) is 4.98 Å². The number of aromatic nitrogens is 4. The zero-order valence-electron chi connectivity index (χ0n) is 18.5. The van der Waals surface area contributed by atoms with Crippen molar-refractivity contribution in [2.45, 2.75) is 0 Å². The molecule has 0 unspecified atom stereocenters. The number of piperazine rings is 1. The van der Waals surface area contributed by atoms with Gasteiger partial charge in [-0.1, -0.05) is 18.2 Å². The molecule has 2 N–H and O–H groups in total. The second-order valence-electron chi connectivity index (χ2n) is 8.56. The Kier molecular flexibility index (Phi) is 4.88. The molecule has 6 rings (SSSR count). The molecular formula is C26H25N7. The maximum atomic E-state index is 4.72. The van der Waals surface area contributed by atoms with Gasteiger partial charge in [0, 0.05) is 78.7 Å². The molecule has 1 fully saturated rings. The molecule has 0 bridgehead atoms. The van der Waals surface area contributed by atoms with Gasteiger partial charge in [0.1, 0.15) is 5.65 Å². The number of H-pyrrole nitrogens is 1. The number of hydrogen-bond donors (Lipinski definition) is 2. The summed E-state index contributed by atoms with van der Waals surface area (Å²) in [7, 11) is 2.17. The van der Waals surface area contributed by atoms with Crippen LogP contribution in [0.4, 0.5) is 17.3 Å². The highest BCUT2D eigenvalue weighted by atomic mass is 15.2. The molecule has 3 aromatic heterocycles. The summed E-state index contributed by atoms with van der Waals surface area (Å²) in [6, 6.07) is 16.9. The third kappa shape index (κ3) is 3.87. The molecule has 7 nitrogen and oxygen atoms in total. The smallest absolute Gasteiger partial charge is 0.229 e. The molecule has 33 heavy (non-hydrogen) atoms. The molecule has 5 aromatic rings. The van der Waals surface area contributed by atoms with Gasteiger partial charge in [0.05, 0.1) is 0 Å². The van der Waals surface area contributed by atoms with Crippen LogP contribution < -0.4 is 10.2 Å². The summed E-state index contributed by atoms with van der Waals surface area (Å²) in [6.45, 7) is 4.25. The van der Waals surface area contributed by atoms with E-state index in [4.69, 9.17) is 4.98 Å². The first-order valence-corrected chi connectivity index (χ1v) is 11.2. The van der Waals surface area contributed by atoms with Crippen LogP contribution in [0.25, 0.3) is 32.9 Å². The molecule has 0 saturated carbocycles. The Morgan fingerprint density at radius 2 is 1.85 bits per heavy atom. The fraction of sp³-hybridized carbons (Fsp3) is 0.192. The van der Waals surface area contributed by atoms with E-state index in [1.54, 1.807) is 0 Å². The number of hydrogen-bond acceptors (Lipinski definition) is 6. The van der Waals surface area contributed by atoms with Crippen molar-refractivity contribution in [3.8, 4) is 11.1 Å². The highest BCUT2D eigenvalue weighted by Gasteiger charge is 2.15. The van der Waals surface area contributed by atoms with Crippen LogP contribution in [0.3, 0.4) is 0 Å². The van der Waals surface area contributed by atoms with E-state index in [1.807, 2.05) is 30.9 Å². The molecule has 7 heteroatoms. The molecular weight excluding hydrogens is 410 g/mol. The number of nitrogens with zero attached hydrogens (tertiary/aromatic N) is 5. The number of pyridine rings is 1. The molecule has 1 saturated heterocycles. The molecule has 0 spiro atoms. The van der Waals surface area contributed by atoms with Crippen molar-refractivity contribution >= 4 is 39.1 Å². The van der Waals surface area contributed by atoms with Gasteiger partial charge in [-0.05, 0) is 48.3 Å². The number of likely N-dealkylation sites (N-methyl/N-ethyl adjacent to an activating group) is 1. The number of rotatable bonds is 4. The average molecular weight is 436 g/mol.